The van der Waals surface area contributed by atoms with Crippen LogP contribution in [-0.2, 0) is 44.9 Å². The highest BCUT2D eigenvalue weighted by Crippen LogP contribution is 2.45. The Kier molecular flexibility index (Phi) is 15.9. The molecule has 8 heterocycles. The molecule has 2 fully saturated rings. The summed E-state index contributed by atoms with van der Waals surface area (Å²) < 4.78 is 0. The zero-order valence-electron chi connectivity index (χ0n) is 45.2. The Hall–Kier alpha value is -8.84. The van der Waals surface area contributed by atoms with E-state index in [9.17, 15) is 19.2 Å². The van der Waals surface area contributed by atoms with Crippen molar-refractivity contribution in [2.24, 2.45) is 0 Å². The van der Waals surface area contributed by atoms with Crippen molar-refractivity contribution < 1.29 is 19.2 Å². The summed E-state index contributed by atoms with van der Waals surface area (Å²) in [6.07, 6.45) is 16.5. The monoisotopic (exact) mass is 1190 g/mol. The first-order valence-corrected chi connectivity index (χ1v) is 31.2. The van der Waals surface area contributed by atoms with Crippen molar-refractivity contribution >= 4 is 133 Å². The topological polar surface area (TPSA) is 283 Å². The molecule has 2 aliphatic carbocycles. The number of aromatic amines is 4. The molecule has 8 aromatic heterocycles. The number of H-pyrrole nitrogens is 4. The highest BCUT2D eigenvalue weighted by molar-refractivity contribution is 7.16. The van der Waals surface area contributed by atoms with Crippen LogP contribution in [0.1, 0.15) is 117 Å². The summed E-state index contributed by atoms with van der Waals surface area (Å²) in [5.41, 5.74) is 7.94. The number of nitrogens with zero attached hydrogens (tertiary/aromatic N) is 8. The number of anilines is 4. The number of carbonyl (C=O) groups excluding carboxylic acids is 4. The van der Waals surface area contributed by atoms with Gasteiger partial charge in [-0.2, -0.15) is 0 Å². The summed E-state index contributed by atoms with van der Waals surface area (Å²) in [7, 11) is 0. The zero-order chi connectivity index (χ0) is 56.9. The summed E-state index contributed by atoms with van der Waals surface area (Å²) in [6.45, 7) is 0. The molecule has 4 atom stereocenters. The number of amides is 4. The molecule has 4 aromatic carbocycles. The van der Waals surface area contributed by atoms with Crippen molar-refractivity contribution in [1.29, 1.82) is 0 Å². The van der Waals surface area contributed by atoms with Crippen LogP contribution in [0.15, 0.2) is 122 Å². The minimum absolute atomic E-state index is 0.110. The van der Waals surface area contributed by atoms with E-state index in [0.717, 1.165) is 137 Å². The minimum Gasteiger partial charge on any atom is -0.361 e. The lowest BCUT2D eigenvalue weighted by molar-refractivity contribution is -0.116. The van der Waals surface area contributed by atoms with E-state index >= 15 is 0 Å². The predicted molar refractivity (Wildman–Crippen MR) is 330 cm³/mol. The number of nitrogens with one attached hydrogen (secondary N) is 8. The quantitative estimate of drug-likeness (QED) is 0.0448. The van der Waals surface area contributed by atoms with Crippen LogP contribution >= 0.6 is 45.3 Å². The fourth-order valence-electron chi connectivity index (χ4n) is 11.6. The normalized spacial score (nSPS) is 17.0. The van der Waals surface area contributed by atoms with Crippen LogP contribution in [0.25, 0.3) is 43.6 Å². The van der Waals surface area contributed by atoms with Gasteiger partial charge in [-0.25, -0.2) is 0 Å². The van der Waals surface area contributed by atoms with Gasteiger partial charge in [0.25, 0.3) is 0 Å². The largest absolute Gasteiger partial charge is 0.361 e. The molecule has 84 heavy (non-hydrogen) atoms. The molecule has 0 aliphatic heterocycles. The van der Waals surface area contributed by atoms with Crippen molar-refractivity contribution in [3.63, 3.8) is 0 Å². The molecule has 14 rings (SSSR count). The van der Waals surface area contributed by atoms with E-state index in [1.807, 2.05) is 122 Å². The number of benzene rings is 4. The van der Waals surface area contributed by atoms with Crippen molar-refractivity contribution in [2.45, 2.75) is 101 Å². The van der Waals surface area contributed by atoms with Gasteiger partial charge in [-0.15, -0.1) is 40.8 Å². The molecule has 424 valence electrons. The first kappa shape index (κ1) is 54.4. The van der Waals surface area contributed by atoms with E-state index < -0.39 is 0 Å². The Morgan fingerprint density at radius 1 is 0.357 bits per heavy atom. The summed E-state index contributed by atoms with van der Waals surface area (Å²) in [4.78, 5) is 63.8. The van der Waals surface area contributed by atoms with Gasteiger partial charge < -0.3 is 41.2 Å². The number of rotatable bonds is 16. The lowest BCUT2D eigenvalue weighted by Gasteiger charge is -2.25. The Bertz CT molecular complexity index is 3780. The molecule has 0 radical (unpaired) electrons. The van der Waals surface area contributed by atoms with Gasteiger partial charge >= 0.3 is 0 Å². The third-order valence-electron chi connectivity index (χ3n) is 15.6. The van der Waals surface area contributed by atoms with Gasteiger partial charge in [-0.05, 0) is 109 Å². The summed E-state index contributed by atoms with van der Waals surface area (Å²) in [5.74, 6) is 0.520. The first-order chi connectivity index (χ1) is 41.2. The molecule has 2 saturated carbocycles. The van der Waals surface area contributed by atoms with Crippen molar-refractivity contribution in [1.82, 2.24) is 60.7 Å². The van der Waals surface area contributed by atoms with Gasteiger partial charge in [0, 0.05) is 92.1 Å². The standard InChI is InChI=1S/2C30H28N8O2S2/c2*39-25(15-17-4-2-8-23-21(17)10-12-31-23)33-29-37-35-27(41-29)19-6-1-7-20(14-19)28-36-38-30(42-28)34-26(40)16-18-5-3-9-24-22(18)11-13-32-24/h2*2-5,8-13,19-20,31-32H,1,6-7,14-16H2,(H,33,37,39)(H,34,38,40)/t2*19-,20-/m10/s1. The SMILES string of the molecule is O=C(Cc1cccc2[nH]ccc12)Nc1nnc([C@@H]2CCC[C@@H](c3nnc(NC(=O)Cc4cccc5[nH]ccc45)s3)C2)s1.O=C(Cc1cccc2[nH]ccc12)Nc1nnc([C@H]2CCC[C@H](c3nnc(NC(=O)Cc4cccc5[nH]ccc45)s3)C2)s1. The molecule has 2 aliphatic rings. The van der Waals surface area contributed by atoms with Gasteiger partial charge in [-0.3, -0.25) is 19.2 Å². The fraction of sp³-hybridized carbons (Fsp3) is 0.267. The third kappa shape index (κ3) is 12.4. The van der Waals surface area contributed by atoms with Crippen LogP contribution < -0.4 is 21.3 Å². The molecule has 0 unspecified atom stereocenters. The maximum Gasteiger partial charge on any atom is 0.230 e. The molecular weight excluding hydrogens is 1140 g/mol. The van der Waals surface area contributed by atoms with Gasteiger partial charge in [0.15, 0.2) is 0 Å². The van der Waals surface area contributed by atoms with E-state index in [0.29, 0.717) is 20.5 Å². The molecule has 4 amide bonds. The highest BCUT2D eigenvalue weighted by Gasteiger charge is 2.31. The molecule has 0 saturated heterocycles. The minimum atomic E-state index is -0.110. The average molecular weight is 1190 g/mol. The Morgan fingerprint density at radius 3 is 0.857 bits per heavy atom. The maximum absolute atomic E-state index is 12.8. The number of hydrogen-bond donors (Lipinski definition) is 8. The maximum atomic E-state index is 12.8. The van der Waals surface area contributed by atoms with Crippen LogP contribution in [-0.4, -0.2) is 84.4 Å². The Labute approximate surface area is 496 Å². The lowest BCUT2D eigenvalue weighted by Crippen LogP contribution is -2.14. The summed E-state index contributed by atoms with van der Waals surface area (Å²) in [6, 6.07) is 31.6. The van der Waals surface area contributed by atoms with Crippen molar-refractivity contribution in [3.8, 4) is 0 Å². The summed E-state index contributed by atoms with van der Waals surface area (Å²) >= 11 is 5.78. The van der Waals surface area contributed by atoms with E-state index in [1.54, 1.807) is 0 Å². The van der Waals surface area contributed by atoms with Gasteiger partial charge in [0.2, 0.25) is 44.2 Å². The van der Waals surface area contributed by atoms with E-state index in [4.69, 9.17) is 0 Å². The molecule has 12 aromatic rings. The Balaban J connectivity index is 0.000000157. The fourth-order valence-corrected chi connectivity index (χ4v) is 15.3. The van der Waals surface area contributed by atoms with Crippen LogP contribution in [0.2, 0.25) is 0 Å². The van der Waals surface area contributed by atoms with Gasteiger partial charge in [0.05, 0.1) is 25.7 Å². The molecule has 0 bridgehead atoms. The smallest absolute Gasteiger partial charge is 0.230 e. The second kappa shape index (κ2) is 24.5. The molecule has 8 N–H and O–H groups in total. The molecular formula is C60H56N16O4S4. The van der Waals surface area contributed by atoms with Crippen molar-refractivity contribution in [2.75, 3.05) is 21.3 Å². The van der Waals surface area contributed by atoms with E-state index in [1.165, 1.54) is 45.3 Å². The van der Waals surface area contributed by atoms with E-state index in [2.05, 4.69) is 82.0 Å². The number of aromatic nitrogens is 12. The average Bonchev–Trinajstić information content (AvgIpc) is 4.56. The van der Waals surface area contributed by atoms with Crippen molar-refractivity contribution in [3.05, 3.63) is 164 Å². The zero-order valence-corrected chi connectivity index (χ0v) is 48.5. The number of carbonyl (C=O) groups is 4. The lowest BCUT2D eigenvalue weighted by atomic mass is 9.82. The molecule has 0 spiro atoms. The summed E-state index contributed by atoms with van der Waals surface area (Å²) in [5, 5.41) is 56.5. The molecule has 20 nitrogen and oxygen atoms in total. The van der Waals surface area contributed by atoms with Crippen LogP contribution in [0, 0.1) is 0 Å². The van der Waals surface area contributed by atoms with Crippen LogP contribution in [0.4, 0.5) is 20.5 Å². The number of fused-ring (bicyclic) bond motifs is 4. The second-order valence-corrected chi connectivity index (χ2v) is 25.3. The number of hydrogen-bond acceptors (Lipinski definition) is 16. The highest BCUT2D eigenvalue weighted by atomic mass is 32.1. The van der Waals surface area contributed by atoms with E-state index in [-0.39, 0.29) is 73.0 Å². The Morgan fingerprint density at radius 2 is 0.607 bits per heavy atom. The van der Waals surface area contributed by atoms with Crippen LogP contribution in [0.3, 0.4) is 0 Å². The third-order valence-corrected chi connectivity index (χ3v) is 19.6. The second-order valence-electron chi connectivity index (χ2n) is 21.2. The van der Waals surface area contributed by atoms with Gasteiger partial charge in [-0.1, -0.05) is 107 Å². The van der Waals surface area contributed by atoms with Crippen LogP contribution in [0.5, 0.6) is 0 Å². The van der Waals surface area contributed by atoms with Gasteiger partial charge in [0.1, 0.15) is 20.0 Å². The molecule has 24 heteroatoms. The predicted octanol–water partition coefficient (Wildman–Crippen LogP) is 12.3. The first-order valence-electron chi connectivity index (χ1n) is 27.9.